The molecular formula is C19H19N3O2S. The van der Waals surface area contributed by atoms with Crippen molar-refractivity contribution in [1.29, 1.82) is 0 Å². The summed E-state index contributed by atoms with van der Waals surface area (Å²) in [5.41, 5.74) is 2.62. The minimum absolute atomic E-state index is 0.00688. The minimum atomic E-state index is -0.162. The molecule has 0 spiro atoms. The monoisotopic (exact) mass is 353 g/mol. The standard InChI is InChI=1S/C19H19N3O2S/c23-12-13-6-5-11-22(13)19(24)21-15-8-2-1-7-14(15)18-20-16-9-3-4-10-17(16)25-18/h1-4,7-10,13,23H,5-6,11-12H2,(H,21,24)/t13-/m1/s1. The van der Waals surface area contributed by atoms with E-state index in [2.05, 4.69) is 5.32 Å². The van der Waals surface area contributed by atoms with Gasteiger partial charge in [-0.2, -0.15) is 0 Å². The smallest absolute Gasteiger partial charge is 0.322 e. The third-order valence-corrected chi connectivity index (χ3v) is 5.61. The van der Waals surface area contributed by atoms with Gasteiger partial charge in [0.05, 0.1) is 28.6 Å². The molecule has 6 heteroatoms. The first-order valence-electron chi connectivity index (χ1n) is 8.40. The lowest BCUT2D eigenvalue weighted by atomic mass is 10.2. The van der Waals surface area contributed by atoms with E-state index >= 15 is 0 Å². The molecule has 2 N–H and O–H groups in total. The van der Waals surface area contributed by atoms with Crippen molar-refractivity contribution in [1.82, 2.24) is 9.88 Å². The Morgan fingerprint density at radius 2 is 2.04 bits per heavy atom. The number of likely N-dealkylation sites (tertiary alicyclic amines) is 1. The molecule has 1 aromatic heterocycles. The maximum atomic E-state index is 12.6. The molecule has 2 amide bonds. The molecule has 3 aromatic rings. The Kier molecular flexibility index (Phi) is 4.38. The van der Waals surface area contributed by atoms with Crippen LogP contribution in [0.2, 0.25) is 0 Å². The van der Waals surface area contributed by atoms with E-state index in [4.69, 9.17) is 4.98 Å². The van der Waals surface area contributed by atoms with Gasteiger partial charge in [0.25, 0.3) is 0 Å². The summed E-state index contributed by atoms with van der Waals surface area (Å²) in [6.45, 7) is 0.688. The highest BCUT2D eigenvalue weighted by Gasteiger charge is 2.28. The lowest BCUT2D eigenvalue weighted by Crippen LogP contribution is -2.40. The SMILES string of the molecule is O=C(Nc1ccccc1-c1nc2ccccc2s1)N1CCC[C@@H]1CO. The Morgan fingerprint density at radius 1 is 1.24 bits per heavy atom. The minimum Gasteiger partial charge on any atom is -0.394 e. The Balaban J connectivity index is 1.64. The number of aliphatic hydroxyl groups is 1. The van der Waals surface area contributed by atoms with E-state index < -0.39 is 0 Å². The van der Waals surface area contributed by atoms with Gasteiger partial charge in [0.2, 0.25) is 0 Å². The maximum Gasteiger partial charge on any atom is 0.322 e. The number of aliphatic hydroxyl groups excluding tert-OH is 1. The van der Waals surface area contributed by atoms with Crippen LogP contribution in [0.15, 0.2) is 48.5 Å². The number of hydrogen-bond donors (Lipinski definition) is 2. The maximum absolute atomic E-state index is 12.6. The van der Waals surface area contributed by atoms with Crippen LogP contribution < -0.4 is 5.32 Å². The molecule has 0 aliphatic carbocycles. The number of carbonyl (C=O) groups excluding carboxylic acids is 1. The van der Waals surface area contributed by atoms with Crippen LogP contribution in [0.4, 0.5) is 10.5 Å². The molecule has 1 saturated heterocycles. The number of nitrogens with one attached hydrogen (secondary N) is 1. The number of anilines is 1. The predicted octanol–water partition coefficient (Wildman–Crippen LogP) is 3.95. The lowest BCUT2D eigenvalue weighted by Gasteiger charge is -2.23. The number of rotatable bonds is 3. The number of amides is 2. The molecule has 1 fully saturated rings. The molecule has 0 radical (unpaired) electrons. The van der Waals surface area contributed by atoms with Crippen LogP contribution in [-0.2, 0) is 0 Å². The molecular weight excluding hydrogens is 334 g/mol. The normalized spacial score (nSPS) is 17.2. The Hall–Kier alpha value is -2.44. The number of fused-ring (bicyclic) bond motifs is 1. The van der Waals surface area contributed by atoms with Gasteiger partial charge in [-0.25, -0.2) is 9.78 Å². The second-order valence-corrected chi connectivity index (χ2v) is 7.17. The lowest BCUT2D eigenvalue weighted by molar-refractivity contribution is 0.166. The predicted molar refractivity (Wildman–Crippen MR) is 101 cm³/mol. The van der Waals surface area contributed by atoms with Gasteiger partial charge in [-0.05, 0) is 37.1 Å². The summed E-state index contributed by atoms with van der Waals surface area (Å²) in [6, 6.07) is 15.5. The van der Waals surface area contributed by atoms with Gasteiger partial charge in [-0.1, -0.05) is 24.3 Å². The van der Waals surface area contributed by atoms with Crippen molar-refractivity contribution in [2.75, 3.05) is 18.5 Å². The largest absolute Gasteiger partial charge is 0.394 e. The third-order valence-electron chi connectivity index (χ3n) is 4.54. The quantitative estimate of drug-likeness (QED) is 0.749. The van der Waals surface area contributed by atoms with Crippen LogP contribution in [-0.4, -0.2) is 40.2 Å². The van der Waals surface area contributed by atoms with Crippen LogP contribution in [0.1, 0.15) is 12.8 Å². The van der Waals surface area contributed by atoms with Gasteiger partial charge in [-0.15, -0.1) is 11.3 Å². The zero-order chi connectivity index (χ0) is 17.2. The summed E-state index contributed by atoms with van der Waals surface area (Å²) in [4.78, 5) is 19.0. The zero-order valence-electron chi connectivity index (χ0n) is 13.7. The van der Waals surface area contributed by atoms with E-state index in [0.717, 1.165) is 39.3 Å². The van der Waals surface area contributed by atoms with E-state index in [1.807, 2.05) is 48.5 Å². The van der Waals surface area contributed by atoms with Crippen molar-refractivity contribution in [2.24, 2.45) is 0 Å². The average Bonchev–Trinajstić information content (AvgIpc) is 3.28. The number of aromatic nitrogens is 1. The van der Waals surface area contributed by atoms with Crippen LogP contribution in [0.5, 0.6) is 0 Å². The Labute approximate surface area is 149 Å². The van der Waals surface area contributed by atoms with Crippen molar-refractivity contribution >= 4 is 33.3 Å². The first-order chi connectivity index (χ1) is 12.3. The topological polar surface area (TPSA) is 65.5 Å². The molecule has 5 nitrogen and oxygen atoms in total. The number of para-hydroxylation sites is 2. The fourth-order valence-corrected chi connectivity index (χ4v) is 4.25. The fourth-order valence-electron chi connectivity index (χ4n) is 3.25. The van der Waals surface area contributed by atoms with Crippen molar-refractivity contribution in [3.05, 3.63) is 48.5 Å². The fraction of sp³-hybridized carbons (Fsp3) is 0.263. The molecule has 1 aliphatic rings. The summed E-state index contributed by atoms with van der Waals surface area (Å²) in [5.74, 6) is 0. The number of nitrogens with zero attached hydrogens (tertiary/aromatic N) is 2. The van der Waals surface area contributed by atoms with E-state index in [1.54, 1.807) is 16.2 Å². The first kappa shape index (κ1) is 16.1. The Bertz CT molecular complexity index is 875. The van der Waals surface area contributed by atoms with Crippen LogP contribution >= 0.6 is 11.3 Å². The summed E-state index contributed by atoms with van der Waals surface area (Å²) in [6.07, 6.45) is 1.78. The van der Waals surface area contributed by atoms with Gasteiger partial charge < -0.3 is 15.3 Å². The van der Waals surface area contributed by atoms with Crippen molar-refractivity contribution < 1.29 is 9.90 Å². The van der Waals surface area contributed by atoms with Gasteiger partial charge in [0.15, 0.2) is 0 Å². The number of benzene rings is 2. The number of thiazole rings is 1. The third kappa shape index (κ3) is 3.10. The Morgan fingerprint density at radius 3 is 2.88 bits per heavy atom. The molecule has 1 atom stereocenters. The molecule has 2 heterocycles. The highest BCUT2D eigenvalue weighted by molar-refractivity contribution is 7.21. The number of hydrogen-bond acceptors (Lipinski definition) is 4. The first-order valence-corrected chi connectivity index (χ1v) is 9.21. The van der Waals surface area contributed by atoms with Crippen molar-refractivity contribution in [2.45, 2.75) is 18.9 Å². The molecule has 0 bridgehead atoms. The molecule has 2 aromatic carbocycles. The molecule has 128 valence electrons. The second-order valence-electron chi connectivity index (χ2n) is 6.13. The summed E-state index contributed by atoms with van der Waals surface area (Å²) in [5, 5.41) is 13.3. The van der Waals surface area contributed by atoms with E-state index in [0.29, 0.717) is 6.54 Å². The number of carbonyl (C=O) groups is 1. The molecule has 4 rings (SSSR count). The zero-order valence-corrected chi connectivity index (χ0v) is 14.5. The van der Waals surface area contributed by atoms with Gasteiger partial charge in [0, 0.05) is 12.1 Å². The summed E-state index contributed by atoms with van der Waals surface area (Å²) in [7, 11) is 0. The molecule has 25 heavy (non-hydrogen) atoms. The molecule has 0 saturated carbocycles. The van der Waals surface area contributed by atoms with Crippen LogP contribution in [0.25, 0.3) is 20.8 Å². The second kappa shape index (κ2) is 6.82. The average molecular weight is 353 g/mol. The highest BCUT2D eigenvalue weighted by Crippen LogP contribution is 2.34. The van der Waals surface area contributed by atoms with Crippen LogP contribution in [0, 0.1) is 0 Å². The van der Waals surface area contributed by atoms with Gasteiger partial charge in [0.1, 0.15) is 5.01 Å². The highest BCUT2D eigenvalue weighted by atomic mass is 32.1. The van der Waals surface area contributed by atoms with Crippen molar-refractivity contribution in [3.8, 4) is 10.6 Å². The van der Waals surface area contributed by atoms with Gasteiger partial charge >= 0.3 is 6.03 Å². The van der Waals surface area contributed by atoms with E-state index in [1.165, 1.54) is 0 Å². The van der Waals surface area contributed by atoms with E-state index in [9.17, 15) is 9.90 Å². The molecule has 0 unspecified atom stereocenters. The van der Waals surface area contributed by atoms with Crippen molar-refractivity contribution in [3.63, 3.8) is 0 Å². The van der Waals surface area contributed by atoms with E-state index in [-0.39, 0.29) is 18.7 Å². The summed E-state index contributed by atoms with van der Waals surface area (Å²) >= 11 is 1.61. The molecule has 1 aliphatic heterocycles. The van der Waals surface area contributed by atoms with Gasteiger partial charge in [-0.3, -0.25) is 0 Å². The van der Waals surface area contributed by atoms with Crippen LogP contribution in [0.3, 0.4) is 0 Å². The summed E-state index contributed by atoms with van der Waals surface area (Å²) < 4.78 is 1.12. The number of urea groups is 1.